The fourth-order valence-electron chi connectivity index (χ4n) is 3.59. The second-order valence-electron chi connectivity index (χ2n) is 7.18. The SMILES string of the molecule is COc1cccc(/C=C(\C(=O)c2cc(OC)c(OC)c(OC)c2)c2nc3ccccc3[nH]2)c1. The molecule has 0 unspecified atom stereocenters. The number of allylic oxidation sites excluding steroid dienone is 1. The summed E-state index contributed by atoms with van der Waals surface area (Å²) in [5.41, 5.74) is 3.15. The predicted molar refractivity (Wildman–Crippen MR) is 127 cm³/mol. The molecular formula is C26H24N2O5. The molecule has 7 nitrogen and oxygen atoms in total. The predicted octanol–water partition coefficient (Wildman–Crippen LogP) is 5.02. The molecule has 4 rings (SSSR count). The summed E-state index contributed by atoms with van der Waals surface area (Å²) in [7, 11) is 6.14. The summed E-state index contributed by atoms with van der Waals surface area (Å²) in [6, 6.07) is 18.3. The van der Waals surface area contributed by atoms with Gasteiger partial charge in [0.25, 0.3) is 0 Å². The third kappa shape index (κ3) is 4.39. The first kappa shape index (κ1) is 22.0. The van der Waals surface area contributed by atoms with E-state index in [2.05, 4.69) is 9.97 Å². The molecule has 168 valence electrons. The Morgan fingerprint density at radius 3 is 2.21 bits per heavy atom. The summed E-state index contributed by atoms with van der Waals surface area (Å²) in [5.74, 6) is 2.09. The highest BCUT2D eigenvalue weighted by Crippen LogP contribution is 2.39. The van der Waals surface area contributed by atoms with Gasteiger partial charge in [0.15, 0.2) is 17.3 Å². The number of aromatic amines is 1. The molecule has 0 aliphatic rings. The van der Waals surface area contributed by atoms with Gasteiger partial charge in [-0.25, -0.2) is 4.98 Å². The van der Waals surface area contributed by atoms with E-state index in [0.29, 0.717) is 40.0 Å². The molecule has 0 aliphatic heterocycles. The molecular weight excluding hydrogens is 420 g/mol. The van der Waals surface area contributed by atoms with Gasteiger partial charge in [0.05, 0.1) is 45.0 Å². The molecule has 1 aromatic heterocycles. The first-order chi connectivity index (χ1) is 16.1. The zero-order valence-corrected chi connectivity index (χ0v) is 18.8. The number of nitrogens with zero attached hydrogens (tertiary/aromatic N) is 1. The lowest BCUT2D eigenvalue weighted by Crippen LogP contribution is -2.06. The molecule has 0 fully saturated rings. The van der Waals surface area contributed by atoms with Crippen LogP contribution in [-0.2, 0) is 0 Å². The van der Waals surface area contributed by atoms with Crippen molar-refractivity contribution >= 4 is 28.5 Å². The van der Waals surface area contributed by atoms with Crippen molar-refractivity contribution in [1.29, 1.82) is 0 Å². The number of rotatable bonds is 8. The number of ketones is 1. The smallest absolute Gasteiger partial charge is 0.203 e. The van der Waals surface area contributed by atoms with Crippen LogP contribution in [0.2, 0.25) is 0 Å². The van der Waals surface area contributed by atoms with E-state index in [-0.39, 0.29) is 5.78 Å². The Kier molecular flexibility index (Phi) is 6.31. The lowest BCUT2D eigenvalue weighted by atomic mass is 9.99. The van der Waals surface area contributed by atoms with E-state index in [1.54, 1.807) is 25.3 Å². The number of ether oxygens (including phenoxy) is 4. The van der Waals surface area contributed by atoms with E-state index in [1.165, 1.54) is 21.3 Å². The van der Waals surface area contributed by atoms with E-state index < -0.39 is 0 Å². The number of carbonyl (C=O) groups excluding carboxylic acids is 1. The number of Topliss-reactive ketones (excluding diaryl/α,β-unsaturated/α-hetero) is 1. The fourth-order valence-corrected chi connectivity index (χ4v) is 3.59. The average Bonchev–Trinajstić information content (AvgIpc) is 3.30. The number of H-pyrrole nitrogens is 1. The molecule has 0 saturated carbocycles. The molecule has 33 heavy (non-hydrogen) atoms. The third-order valence-corrected chi connectivity index (χ3v) is 5.22. The van der Waals surface area contributed by atoms with Crippen LogP contribution in [0.4, 0.5) is 0 Å². The second kappa shape index (κ2) is 9.48. The largest absolute Gasteiger partial charge is 0.497 e. The van der Waals surface area contributed by atoms with Crippen molar-refractivity contribution in [2.75, 3.05) is 28.4 Å². The Hall–Kier alpha value is -4.26. The fraction of sp³-hybridized carbons (Fsp3) is 0.154. The minimum atomic E-state index is -0.254. The number of imidazole rings is 1. The van der Waals surface area contributed by atoms with E-state index in [9.17, 15) is 4.79 Å². The highest BCUT2D eigenvalue weighted by molar-refractivity contribution is 6.32. The Labute approximate surface area is 191 Å². The van der Waals surface area contributed by atoms with Crippen molar-refractivity contribution in [2.24, 2.45) is 0 Å². The van der Waals surface area contributed by atoms with Crippen molar-refractivity contribution in [3.05, 3.63) is 77.6 Å². The summed E-state index contributed by atoms with van der Waals surface area (Å²) in [5, 5.41) is 0. The van der Waals surface area contributed by atoms with Gasteiger partial charge in [-0.1, -0.05) is 24.3 Å². The highest BCUT2D eigenvalue weighted by Gasteiger charge is 2.22. The van der Waals surface area contributed by atoms with Crippen molar-refractivity contribution in [2.45, 2.75) is 0 Å². The van der Waals surface area contributed by atoms with Crippen LogP contribution in [0.1, 0.15) is 21.7 Å². The Morgan fingerprint density at radius 2 is 1.58 bits per heavy atom. The number of benzene rings is 3. The first-order valence-corrected chi connectivity index (χ1v) is 10.2. The Bertz CT molecular complexity index is 1280. The molecule has 0 bridgehead atoms. The van der Waals surface area contributed by atoms with Gasteiger partial charge in [-0.15, -0.1) is 0 Å². The minimum absolute atomic E-state index is 0.254. The molecule has 0 saturated heterocycles. The average molecular weight is 444 g/mol. The number of para-hydroxylation sites is 2. The van der Waals surface area contributed by atoms with E-state index in [4.69, 9.17) is 18.9 Å². The van der Waals surface area contributed by atoms with Crippen LogP contribution < -0.4 is 18.9 Å². The summed E-state index contributed by atoms with van der Waals surface area (Å²) in [4.78, 5) is 21.7. The molecule has 1 N–H and O–H groups in total. The van der Waals surface area contributed by atoms with Crippen molar-refractivity contribution < 1.29 is 23.7 Å². The van der Waals surface area contributed by atoms with Crippen LogP contribution in [-0.4, -0.2) is 44.2 Å². The molecule has 1 heterocycles. The van der Waals surface area contributed by atoms with E-state index in [1.807, 2.05) is 48.5 Å². The summed E-state index contributed by atoms with van der Waals surface area (Å²) >= 11 is 0. The summed E-state index contributed by atoms with van der Waals surface area (Å²) in [6.45, 7) is 0. The molecule has 4 aromatic rings. The normalized spacial score (nSPS) is 11.3. The number of hydrogen-bond donors (Lipinski definition) is 1. The first-order valence-electron chi connectivity index (χ1n) is 10.2. The molecule has 7 heteroatoms. The van der Waals surface area contributed by atoms with Gasteiger partial charge < -0.3 is 23.9 Å². The molecule has 0 spiro atoms. The maximum absolute atomic E-state index is 13.8. The molecule has 3 aromatic carbocycles. The topological polar surface area (TPSA) is 82.7 Å². The van der Waals surface area contributed by atoms with E-state index in [0.717, 1.165) is 16.6 Å². The van der Waals surface area contributed by atoms with Crippen molar-refractivity contribution in [1.82, 2.24) is 9.97 Å². The van der Waals surface area contributed by atoms with Crippen LogP contribution in [0.5, 0.6) is 23.0 Å². The Morgan fingerprint density at radius 1 is 0.848 bits per heavy atom. The standard InChI is InChI=1S/C26H24N2O5/c1-30-18-9-7-8-16(12-18)13-19(26-27-20-10-5-6-11-21(20)28-26)24(29)17-14-22(31-2)25(33-4)23(15-17)32-3/h5-15H,1-4H3,(H,27,28)/b19-13+. The number of nitrogens with one attached hydrogen (secondary N) is 1. The van der Waals surface area contributed by atoms with Gasteiger partial charge in [-0.2, -0.15) is 0 Å². The van der Waals surface area contributed by atoms with Gasteiger partial charge >= 0.3 is 0 Å². The van der Waals surface area contributed by atoms with Crippen LogP contribution in [0.3, 0.4) is 0 Å². The highest BCUT2D eigenvalue weighted by atomic mass is 16.5. The number of aromatic nitrogens is 2. The van der Waals surface area contributed by atoms with Gasteiger partial charge in [0.2, 0.25) is 5.75 Å². The number of carbonyl (C=O) groups is 1. The number of fused-ring (bicyclic) bond motifs is 1. The third-order valence-electron chi connectivity index (χ3n) is 5.22. The Balaban J connectivity index is 1.89. The molecule has 0 radical (unpaired) electrons. The zero-order valence-electron chi connectivity index (χ0n) is 18.8. The summed E-state index contributed by atoms with van der Waals surface area (Å²) < 4.78 is 21.6. The number of methoxy groups -OCH3 is 4. The monoisotopic (exact) mass is 444 g/mol. The van der Waals surface area contributed by atoms with Crippen LogP contribution in [0, 0.1) is 0 Å². The number of hydrogen-bond acceptors (Lipinski definition) is 6. The van der Waals surface area contributed by atoms with E-state index >= 15 is 0 Å². The quantitative estimate of drug-likeness (QED) is 0.304. The van der Waals surface area contributed by atoms with Gasteiger partial charge in [0.1, 0.15) is 11.6 Å². The lowest BCUT2D eigenvalue weighted by molar-refractivity contribution is 0.105. The zero-order chi connectivity index (χ0) is 23.4. The summed E-state index contributed by atoms with van der Waals surface area (Å²) in [6.07, 6.45) is 1.78. The van der Waals surface area contributed by atoms with Crippen molar-refractivity contribution in [3.63, 3.8) is 0 Å². The second-order valence-corrected chi connectivity index (χ2v) is 7.18. The maximum Gasteiger partial charge on any atom is 0.203 e. The van der Waals surface area contributed by atoms with Crippen LogP contribution >= 0.6 is 0 Å². The molecule has 0 amide bonds. The molecule has 0 atom stereocenters. The van der Waals surface area contributed by atoms with Crippen molar-refractivity contribution in [3.8, 4) is 23.0 Å². The van der Waals surface area contributed by atoms with Crippen LogP contribution in [0.25, 0.3) is 22.7 Å². The minimum Gasteiger partial charge on any atom is -0.497 e. The molecule has 0 aliphatic carbocycles. The lowest BCUT2D eigenvalue weighted by Gasteiger charge is -2.14. The van der Waals surface area contributed by atoms with Gasteiger partial charge in [-0.3, -0.25) is 4.79 Å². The van der Waals surface area contributed by atoms with Gasteiger partial charge in [-0.05, 0) is 48.0 Å². The maximum atomic E-state index is 13.8. The van der Waals surface area contributed by atoms with Crippen LogP contribution in [0.15, 0.2) is 60.7 Å². The van der Waals surface area contributed by atoms with Gasteiger partial charge in [0, 0.05) is 5.56 Å².